The first kappa shape index (κ1) is 19.1. The van der Waals surface area contributed by atoms with E-state index in [1.807, 2.05) is 50.2 Å². The van der Waals surface area contributed by atoms with Gasteiger partial charge in [0.15, 0.2) is 0 Å². The number of hydrogen-bond donors (Lipinski definition) is 1. The Kier molecular flexibility index (Phi) is 6.24. The molecule has 1 N–H and O–H groups in total. The van der Waals surface area contributed by atoms with Crippen molar-refractivity contribution in [1.29, 1.82) is 0 Å². The monoisotopic (exact) mass is 428 g/mol. The van der Waals surface area contributed by atoms with Crippen LogP contribution < -0.4 is 10.1 Å². The van der Waals surface area contributed by atoms with E-state index in [-0.39, 0.29) is 12.0 Å². The van der Waals surface area contributed by atoms with Gasteiger partial charge in [0, 0.05) is 11.0 Å². The molecule has 0 unspecified atom stereocenters. The molecule has 3 aromatic rings. The number of benzene rings is 2. The highest BCUT2D eigenvalue weighted by Gasteiger charge is 2.15. The Morgan fingerprint density at radius 2 is 2.00 bits per heavy atom. The molecule has 6 nitrogen and oxygen atoms in total. The van der Waals surface area contributed by atoms with Crippen LogP contribution in [0.3, 0.4) is 0 Å². The lowest BCUT2D eigenvalue weighted by molar-refractivity contribution is 0.0945. The van der Waals surface area contributed by atoms with Crippen LogP contribution in [0.2, 0.25) is 0 Å². The van der Waals surface area contributed by atoms with Crippen molar-refractivity contribution in [2.24, 2.45) is 0 Å². The number of hydrogen-bond acceptors (Lipinski definition) is 4. The second-order valence-electron chi connectivity index (χ2n) is 6.35. The number of amides is 1. The lowest BCUT2D eigenvalue weighted by Crippen LogP contribution is -2.24. The number of ether oxygens (including phenoxy) is 1. The highest BCUT2D eigenvalue weighted by molar-refractivity contribution is 9.10. The molecule has 0 fully saturated rings. The van der Waals surface area contributed by atoms with E-state index in [4.69, 9.17) is 4.74 Å². The fraction of sp³-hybridized carbons (Fsp3) is 0.250. The fourth-order valence-electron chi connectivity index (χ4n) is 2.68. The summed E-state index contributed by atoms with van der Waals surface area (Å²) in [4.78, 5) is 16.7. The smallest absolute Gasteiger partial charge is 0.255 e. The molecule has 0 aliphatic rings. The van der Waals surface area contributed by atoms with Gasteiger partial charge >= 0.3 is 0 Å². The van der Waals surface area contributed by atoms with E-state index in [0.717, 1.165) is 15.6 Å². The maximum absolute atomic E-state index is 12.7. The van der Waals surface area contributed by atoms with Crippen LogP contribution in [0.1, 0.15) is 35.3 Å². The predicted octanol–water partition coefficient (Wildman–Crippen LogP) is 3.81. The Morgan fingerprint density at radius 3 is 2.70 bits per heavy atom. The third-order valence-corrected chi connectivity index (χ3v) is 4.40. The summed E-state index contributed by atoms with van der Waals surface area (Å²) in [5.74, 6) is 0.390. The summed E-state index contributed by atoms with van der Waals surface area (Å²) >= 11 is 3.42. The summed E-state index contributed by atoms with van der Waals surface area (Å²) in [5.41, 5.74) is 2.63. The number of halogens is 1. The molecular weight excluding hydrogens is 408 g/mol. The minimum absolute atomic E-state index is 0.0192. The lowest BCUT2D eigenvalue weighted by Gasteiger charge is -2.15. The van der Waals surface area contributed by atoms with Gasteiger partial charge in [-0.1, -0.05) is 40.2 Å². The maximum Gasteiger partial charge on any atom is 0.255 e. The quantitative estimate of drug-likeness (QED) is 0.620. The van der Waals surface area contributed by atoms with E-state index >= 15 is 0 Å². The van der Waals surface area contributed by atoms with Gasteiger partial charge in [0.25, 0.3) is 5.91 Å². The number of carbonyl (C=O) groups excluding carboxylic acids is 1. The number of nitrogens with zero attached hydrogens (tertiary/aromatic N) is 3. The van der Waals surface area contributed by atoms with Crippen LogP contribution in [0, 0.1) is 0 Å². The second-order valence-corrected chi connectivity index (χ2v) is 7.27. The largest absolute Gasteiger partial charge is 0.490 e. The first-order valence-corrected chi connectivity index (χ1v) is 9.46. The van der Waals surface area contributed by atoms with Gasteiger partial charge < -0.3 is 10.1 Å². The standard InChI is InChI=1S/C20H21BrN4O2/c1-14(2)27-19-9-17(21)7-8-18(19)20(26)23-10-15-5-3-4-6-16(15)11-25-13-22-12-24-25/h3-9,12-14H,10-11H2,1-2H3,(H,23,26). The molecule has 1 aromatic heterocycles. The Bertz CT molecular complexity index is 910. The molecule has 27 heavy (non-hydrogen) atoms. The molecule has 0 aliphatic carbocycles. The molecule has 0 saturated heterocycles. The van der Waals surface area contributed by atoms with Crippen LogP contribution in [0.4, 0.5) is 0 Å². The SMILES string of the molecule is CC(C)Oc1cc(Br)ccc1C(=O)NCc1ccccc1Cn1cncn1. The molecule has 3 rings (SSSR count). The van der Waals surface area contributed by atoms with Gasteiger partial charge in [-0.3, -0.25) is 4.79 Å². The normalized spacial score (nSPS) is 10.8. The first-order valence-electron chi connectivity index (χ1n) is 8.66. The summed E-state index contributed by atoms with van der Waals surface area (Å²) < 4.78 is 8.41. The van der Waals surface area contributed by atoms with Crippen molar-refractivity contribution in [2.45, 2.75) is 33.0 Å². The van der Waals surface area contributed by atoms with Gasteiger partial charge in [0.05, 0.1) is 18.2 Å². The zero-order valence-electron chi connectivity index (χ0n) is 15.2. The molecule has 0 spiro atoms. The highest BCUT2D eigenvalue weighted by atomic mass is 79.9. The van der Waals surface area contributed by atoms with E-state index in [2.05, 4.69) is 31.3 Å². The molecule has 1 heterocycles. The Balaban J connectivity index is 1.73. The zero-order valence-corrected chi connectivity index (χ0v) is 16.8. The zero-order chi connectivity index (χ0) is 19.2. The van der Waals surface area contributed by atoms with Crippen molar-refractivity contribution in [1.82, 2.24) is 20.1 Å². The molecular formula is C20H21BrN4O2. The summed E-state index contributed by atoms with van der Waals surface area (Å²) in [6, 6.07) is 13.4. The average molecular weight is 429 g/mol. The van der Waals surface area contributed by atoms with Crippen molar-refractivity contribution in [3.8, 4) is 5.75 Å². The van der Waals surface area contributed by atoms with Gasteiger partial charge in [0.1, 0.15) is 18.4 Å². The second kappa shape index (κ2) is 8.81. The molecule has 140 valence electrons. The Labute approximate surface area is 166 Å². The van der Waals surface area contributed by atoms with Crippen LogP contribution >= 0.6 is 15.9 Å². The van der Waals surface area contributed by atoms with Crippen LogP contribution in [0.15, 0.2) is 59.6 Å². The number of rotatable bonds is 7. The summed E-state index contributed by atoms with van der Waals surface area (Å²) in [6.45, 7) is 4.89. The molecule has 0 aliphatic heterocycles. The average Bonchev–Trinajstić information content (AvgIpc) is 3.13. The van der Waals surface area contributed by atoms with E-state index in [9.17, 15) is 4.79 Å². The van der Waals surface area contributed by atoms with Crippen LogP contribution in [0.25, 0.3) is 0 Å². The van der Waals surface area contributed by atoms with Gasteiger partial charge in [-0.05, 0) is 43.2 Å². The third-order valence-electron chi connectivity index (χ3n) is 3.91. The van der Waals surface area contributed by atoms with Gasteiger partial charge in [-0.15, -0.1) is 0 Å². The van der Waals surface area contributed by atoms with E-state index in [1.54, 1.807) is 17.1 Å². The van der Waals surface area contributed by atoms with Crippen molar-refractivity contribution < 1.29 is 9.53 Å². The fourth-order valence-corrected chi connectivity index (χ4v) is 3.02. The topological polar surface area (TPSA) is 69.0 Å². The third kappa shape index (κ3) is 5.17. The van der Waals surface area contributed by atoms with E-state index in [1.165, 1.54) is 6.33 Å². The minimum atomic E-state index is -0.172. The van der Waals surface area contributed by atoms with Crippen LogP contribution in [-0.2, 0) is 13.1 Å². The Hall–Kier alpha value is -2.67. The van der Waals surface area contributed by atoms with Crippen molar-refractivity contribution in [2.75, 3.05) is 0 Å². The predicted molar refractivity (Wildman–Crippen MR) is 107 cm³/mol. The number of nitrogens with one attached hydrogen (secondary N) is 1. The lowest BCUT2D eigenvalue weighted by atomic mass is 10.1. The van der Waals surface area contributed by atoms with Crippen molar-refractivity contribution >= 4 is 21.8 Å². The number of aromatic nitrogens is 3. The van der Waals surface area contributed by atoms with Crippen LogP contribution in [0.5, 0.6) is 5.75 Å². The van der Waals surface area contributed by atoms with Gasteiger partial charge in [-0.25, -0.2) is 9.67 Å². The maximum atomic E-state index is 12.7. The Morgan fingerprint density at radius 1 is 1.22 bits per heavy atom. The van der Waals surface area contributed by atoms with Crippen molar-refractivity contribution in [3.63, 3.8) is 0 Å². The van der Waals surface area contributed by atoms with Crippen molar-refractivity contribution in [3.05, 3.63) is 76.3 Å². The van der Waals surface area contributed by atoms with E-state index < -0.39 is 0 Å². The highest BCUT2D eigenvalue weighted by Crippen LogP contribution is 2.25. The summed E-state index contributed by atoms with van der Waals surface area (Å²) in [7, 11) is 0. The van der Waals surface area contributed by atoms with Gasteiger partial charge in [-0.2, -0.15) is 5.10 Å². The molecule has 1 amide bonds. The minimum Gasteiger partial charge on any atom is -0.490 e. The summed E-state index contributed by atoms with van der Waals surface area (Å²) in [5, 5.41) is 7.13. The first-order chi connectivity index (χ1) is 13.0. The van der Waals surface area contributed by atoms with Crippen LogP contribution in [-0.4, -0.2) is 26.8 Å². The molecule has 0 bridgehead atoms. The molecule has 0 saturated carbocycles. The van der Waals surface area contributed by atoms with Gasteiger partial charge in [0.2, 0.25) is 0 Å². The van der Waals surface area contributed by atoms with E-state index in [0.29, 0.717) is 24.4 Å². The summed E-state index contributed by atoms with van der Waals surface area (Å²) in [6.07, 6.45) is 3.16. The molecule has 7 heteroatoms. The molecule has 0 radical (unpaired) electrons. The molecule has 2 aromatic carbocycles. The number of carbonyl (C=O) groups is 1. The molecule has 0 atom stereocenters.